The monoisotopic (exact) mass is 460 g/mol. The summed E-state index contributed by atoms with van der Waals surface area (Å²) in [5.74, 6) is 0.873. The van der Waals surface area contributed by atoms with Crippen LogP contribution in [0.15, 0.2) is 12.2 Å². The Morgan fingerprint density at radius 1 is 0.970 bits per heavy atom. The SMILES string of the molecule is CC(C)C(C)C=CC(C)C1CCC2(O)C1(C)CCC1C3(C)CCC(O)CC34OC4C(=O)C12O. The molecule has 186 valence electrons. The highest BCUT2D eigenvalue weighted by Crippen LogP contribution is 2.75. The maximum atomic E-state index is 13.8. The lowest BCUT2D eigenvalue weighted by Gasteiger charge is -2.65. The van der Waals surface area contributed by atoms with Gasteiger partial charge in [0.15, 0.2) is 11.4 Å². The van der Waals surface area contributed by atoms with Crippen molar-refractivity contribution >= 4 is 5.78 Å². The molecular weight excluding hydrogens is 416 g/mol. The first-order valence-corrected chi connectivity index (χ1v) is 13.3. The number of rotatable bonds is 4. The molecule has 0 radical (unpaired) electrons. The van der Waals surface area contributed by atoms with Crippen molar-refractivity contribution in [3.05, 3.63) is 12.2 Å². The third-order valence-corrected chi connectivity index (χ3v) is 11.7. The van der Waals surface area contributed by atoms with Gasteiger partial charge in [0.25, 0.3) is 0 Å². The molecule has 5 nitrogen and oxygen atoms in total. The van der Waals surface area contributed by atoms with Gasteiger partial charge in [-0.1, -0.05) is 53.7 Å². The molecular formula is C28H44O5. The summed E-state index contributed by atoms with van der Waals surface area (Å²) in [6.45, 7) is 13.2. The molecule has 1 spiro atoms. The van der Waals surface area contributed by atoms with Gasteiger partial charge in [0.05, 0.1) is 6.10 Å². The van der Waals surface area contributed by atoms with Crippen molar-refractivity contribution in [1.29, 1.82) is 0 Å². The Labute approximate surface area is 199 Å². The number of hydrogen-bond acceptors (Lipinski definition) is 5. The zero-order valence-electron chi connectivity index (χ0n) is 21.3. The van der Waals surface area contributed by atoms with Crippen LogP contribution in [-0.2, 0) is 9.53 Å². The molecule has 5 heteroatoms. The fraction of sp³-hybridized carbons (Fsp3) is 0.893. The standard InChI is InChI=1S/C28H44O5/c1-16(2)17(3)7-8-18(4)20-10-14-27(31)24(20,5)13-11-21-25(6)12-9-19(29)15-26(25)23(33-26)22(30)28(21,27)32/h7-8,16-21,23,29,31-32H,9-15H2,1-6H3. The van der Waals surface area contributed by atoms with E-state index in [2.05, 4.69) is 53.7 Å². The molecule has 33 heavy (non-hydrogen) atoms. The van der Waals surface area contributed by atoms with Crippen LogP contribution in [0.2, 0.25) is 0 Å². The Balaban J connectivity index is 1.50. The lowest BCUT2D eigenvalue weighted by molar-refractivity contribution is -0.273. The molecule has 0 bridgehead atoms. The summed E-state index contributed by atoms with van der Waals surface area (Å²) in [7, 11) is 0. The van der Waals surface area contributed by atoms with Gasteiger partial charge in [-0.25, -0.2) is 0 Å². The van der Waals surface area contributed by atoms with Crippen LogP contribution in [0.4, 0.5) is 0 Å². The Morgan fingerprint density at radius 3 is 2.30 bits per heavy atom. The van der Waals surface area contributed by atoms with Gasteiger partial charge in [0.2, 0.25) is 0 Å². The van der Waals surface area contributed by atoms with Crippen LogP contribution < -0.4 is 0 Å². The molecule has 1 saturated heterocycles. The van der Waals surface area contributed by atoms with E-state index in [0.29, 0.717) is 43.9 Å². The van der Waals surface area contributed by atoms with Crippen LogP contribution in [0.3, 0.4) is 0 Å². The van der Waals surface area contributed by atoms with E-state index in [1.807, 2.05) is 0 Å². The molecule has 4 aliphatic carbocycles. The van der Waals surface area contributed by atoms with E-state index in [9.17, 15) is 20.1 Å². The highest BCUT2D eigenvalue weighted by molar-refractivity contribution is 5.98. The van der Waals surface area contributed by atoms with E-state index in [1.54, 1.807) is 0 Å². The zero-order valence-corrected chi connectivity index (χ0v) is 21.3. The maximum absolute atomic E-state index is 13.8. The molecule has 4 saturated carbocycles. The van der Waals surface area contributed by atoms with Crippen LogP contribution in [0, 0.1) is 40.4 Å². The van der Waals surface area contributed by atoms with Crippen LogP contribution in [-0.4, -0.2) is 50.1 Å². The zero-order chi connectivity index (χ0) is 24.2. The minimum absolute atomic E-state index is 0.212. The van der Waals surface area contributed by atoms with Crippen LogP contribution >= 0.6 is 0 Å². The van der Waals surface area contributed by atoms with Crippen molar-refractivity contribution in [2.45, 2.75) is 115 Å². The number of Topliss-reactive ketones (excluding diaryl/α,β-unsaturated/α-hetero) is 1. The summed E-state index contributed by atoms with van der Waals surface area (Å²) in [6, 6.07) is 0. The Kier molecular flexibility index (Phi) is 5.19. The highest BCUT2D eigenvalue weighted by Gasteiger charge is 2.86. The molecule has 11 unspecified atom stereocenters. The largest absolute Gasteiger partial charge is 0.393 e. The summed E-state index contributed by atoms with van der Waals surface area (Å²) in [4.78, 5) is 13.8. The molecule has 11 atom stereocenters. The number of allylic oxidation sites excluding steroid dienone is 2. The van der Waals surface area contributed by atoms with E-state index < -0.39 is 39.8 Å². The topological polar surface area (TPSA) is 90.3 Å². The fourth-order valence-corrected chi connectivity index (χ4v) is 9.00. The number of hydrogen-bond donors (Lipinski definition) is 3. The summed E-state index contributed by atoms with van der Waals surface area (Å²) in [5, 5.41) is 35.1. The van der Waals surface area contributed by atoms with E-state index in [4.69, 9.17) is 4.74 Å². The van der Waals surface area contributed by atoms with Crippen molar-refractivity contribution in [3.63, 3.8) is 0 Å². The van der Waals surface area contributed by atoms with Crippen molar-refractivity contribution in [2.75, 3.05) is 0 Å². The van der Waals surface area contributed by atoms with Crippen molar-refractivity contribution in [1.82, 2.24) is 0 Å². The van der Waals surface area contributed by atoms with Gasteiger partial charge >= 0.3 is 0 Å². The van der Waals surface area contributed by atoms with Gasteiger partial charge in [-0.2, -0.15) is 0 Å². The van der Waals surface area contributed by atoms with Gasteiger partial charge < -0.3 is 20.1 Å². The lowest BCUT2D eigenvalue weighted by Crippen LogP contribution is -2.78. The minimum Gasteiger partial charge on any atom is -0.393 e. The number of aliphatic hydroxyl groups is 3. The van der Waals surface area contributed by atoms with Gasteiger partial charge in [-0.05, 0) is 62.2 Å². The van der Waals surface area contributed by atoms with Crippen molar-refractivity contribution in [3.8, 4) is 0 Å². The van der Waals surface area contributed by atoms with E-state index in [0.717, 1.165) is 12.8 Å². The Morgan fingerprint density at radius 2 is 1.64 bits per heavy atom. The first kappa shape index (κ1) is 24.0. The fourth-order valence-electron chi connectivity index (χ4n) is 9.00. The second-order valence-corrected chi connectivity index (χ2v) is 13.2. The first-order valence-electron chi connectivity index (χ1n) is 13.3. The number of fused-ring (bicyclic) bond motifs is 4. The predicted octanol–water partition coefficient (Wildman–Crippen LogP) is 4.03. The van der Waals surface area contributed by atoms with E-state index in [1.165, 1.54) is 0 Å². The Hall–Kier alpha value is -0.750. The molecule has 3 N–H and O–H groups in total. The highest BCUT2D eigenvalue weighted by atomic mass is 16.6. The Bertz CT molecular complexity index is 868. The average molecular weight is 461 g/mol. The third kappa shape index (κ3) is 2.71. The molecule has 1 heterocycles. The van der Waals surface area contributed by atoms with Crippen molar-refractivity contribution < 1.29 is 24.9 Å². The van der Waals surface area contributed by atoms with Crippen LogP contribution in [0.1, 0.15) is 86.5 Å². The number of carbonyl (C=O) groups excluding carboxylic acids is 1. The van der Waals surface area contributed by atoms with E-state index in [-0.39, 0.29) is 23.5 Å². The van der Waals surface area contributed by atoms with E-state index >= 15 is 0 Å². The average Bonchev–Trinajstić information content (AvgIpc) is 3.40. The smallest absolute Gasteiger partial charge is 0.199 e. The summed E-state index contributed by atoms with van der Waals surface area (Å²) < 4.78 is 6.11. The molecule has 0 amide bonds. The molecule has 5 fully saturated rings. The maximum Gasteiger partial charge on any atom is 0.199 e. The lowest BCUT2D eigenvalue weighted by atomic mass is 9.40. The number of ether oxygens (including phenoxy) is 1. The molecule has 0 aromatic rings. The summed E-state index contributed by atoms with van der Waals surface area (Å²) in [6.07, 6.45) is 8.02. The normalized spacial score (nSPS) is 55.0. The molecule has 0 aromatic heterocycles. The molecule has 1 aliphatic heterocycles. The van der Waals surface area contributed by atoms with Gasteiger partial charge in [0, 0.05) is 23.2 Å². The quantitative estimate of drug-likeness (QED) is 0.435. The van der Waals surface area contributed by atoms with Crippen LogP contribution in [0.25, 0.3) is 0 Å². The van der Waals surface area contributed by atoms with Crippen LogP contribution in [0.5, 0.6) is 0 Å². The second kappa shape index (κ2) is 7.15. The first-order chi connectivity index (χ1) is 15.3. The molecule has 5 rings (SSSR count). The predicted molar refractivity (Wildman–Crippen MR) is 126 cm³/mol. The van der Waals surface area contributed by atoms with Gasteiger partial charge in [0.1, 0.15) is 17.3 Å². The summed E-state index contributed by atoms with van der Waals surface area (Å²) in [5.41, 5.74) is -4.84. The number of epoxide rings is 1. The summed E-state index contributed by atoms with van der Waals surface area (Å²) >= 11 is 0. The molecule has 0 aromatic carbocycles. The number of ketones is 1. The van der Waals surface area contributed by atoms with Gasteiger partial charge in [-0.15, -0.1) is 0 Å². The molecule has 5 aliphatic rings. The van der Waals surface area contributed by atoms with Gasteiger partial charge in [-0.3, -0.25) is 4.79 Å². The third-order valence-electron chi connectivity index (χ3n) is 11.7. The second-order valence-electron chi connectivity index (χ2n) is 13.2. The van der Waals surface area contributed by atoms with Crippen molar-refractivity contribution in [2.24, 2.45) is 40.4 Å². The number of carbonyl (C=O) groups is 1. The minimum atomic E-state index is -1.79. The number of aliphatic hydroxyl groups excluding tert-OH is 1.